The van der Waals surface area contributed by atoms with Gasteiger partial charge in [-0.15, -0.1) is 0 Å². The molecule has 0 aliphatic heterocycles. The Balaban J connectivity index is 2.77. The van der Waals surface area contributed by atoms with Crippen molar-refractivity contribution in [2.24, 2.45) is 0 Å². The van der Waals surface area contributed by atoms with Gasteiger partial charge in [0.25, 0.3) is 0 Å². The molecule has 17 heavy (non-hydrogen) atoms. The van der Waals surface area contributed by atoms with E-state index in [1.165, 1.54) is 0 Å². The maximum Gasteiger partial charge on any atom is 0.195 e. The topological polar surface area (TPSA) is 34.9 Å². The number of hydrogen-bond acceptors (Lipinski definition) is 2. The number of fused-ring (bicyclic) bond motifs is 1. The number of imidazole rings is 1. The molecule has 0 amide bonds. The maximum absolute atomic E-state index is 11.6. The second-order valence-electron chi connectivity index (χ2n) is 4.25. The van der Waals surface area contributed by atoms with Crippen molar-refractivity contribution in [3.63, 3.8) is 0 Å². The number of aromatic nitrogens is 2. The molecule has 3 nitrogen and oxygen atoms in total. The third kappa shape index (κ3) is 2.07. The highest BCUT2D eigenvalue weighted by Crippen LogP contribution is 2.25. The van der Waals surface area contributed by atoms with E-state index in [0.717, 1.165) is 17.5 Å². The van der Waals surface area contributed by atoms with Crippen LogP contribution in [0.5, 0.6) is 0 Å². The van der Waals surface area contributed by atoms with E-state index in [4.69, 9.17) is 11.6 Å². The van der Waals surface area contributed by atoms with E-state index in [0.29, 0.717) is 10.8 Å². The zero-order chi connectivity index (χ0) is 12.6. The zero-order valence-electron chi connectivity index (χ0n) is 10.2. The normalized spacial score (nSPS) is 12.9. The molecule has 0 spiro atoms. The zero-order valence-corrected chi connectivity index (χ0v) is 11.0. The lowest BCUT2D eigenvalue weighted by Gasteiger charge is -2.14. The van der Waals surface area contributed by atoms with Crippen LogP contribution in [-0.2, 0) is 0 Å². The van der Waals surface area contributed by atoms with Gasteiger partial charge in [-0.05, 0) is 31.5 Å². The summed E-state index contributed by atoms with van der Waals surface area (Å²) in [7, 11) is 0. The predicted octanol–water partition coefficient (Wildman–Crippen LogP) is 3.86. The fourth-order valence-corrected chi connectivity index (χ4v) is 2.11. The van der Waals surface area contributed by atoms with Gasteiger partial charge in [-0.1, -0.05) is 18.5 Å². The Bertz CT molecular complexity index is 574. The number of hydrogen-bond donors (Lipinski definition) is 0. The lowest BCUT2D eigenvalue weighted by Crippen LogP contribution is -2.11. The van der Waals surface area contributed by atoms with Crippen molar-refractivity contribution in [1.29, 1.82) is 0 Å². The van der Waals surface area contributed by atoms with Gasteiger partial charge < -0.3 is 4.57 Å². The fourth-order valence-electron chi connectivity index (χ4n) is 1.94. The first kappa shape index (κ1) is 12.1. The summed E-state index contributed by atoms with van der Waals surface area (Å²) in [5, 5.41) is 0.664. The third-order valence-electron chi connectivity index (χ3n) is 3.00. The highest BCUT2D eigenvalue weighted by atomic mass is 35.5. The molecule has 1 aromatic heterocycles. The Morgan fingerprint density at radius 1 is 1.53 bits per heavy atom. The van der Waals surface area contributed by atoms with Crippen LogP contribution in [0.1, 0.15) is 43.9 Å². The highest BCUT2D eigenvalue weighted by Gasteiger charge is 2.17. The summed E-state index contributed by atoms with van der Waals surface area (Å²) < 4.78 is 1.98. The van der Waals surface area contributed by atoms with Crippen LogP contribution in [0.3, 0.4) is 0 Å². The standard InChI is InChI=1S/C13H15ClN2O/c1-4-8(2)16-12-7-10(14)5-6-11(12)15-13(16)9(3)17/h5-8H,4H2,1-3H3/t8-/m1/s1. The Morgan fingerprint density at radius 3 is 2.82 bits per heavy atom. The lowest BCUT2D eigenvalue weighted by molar-refractivity contribution is 0.0998. The molecule has 2 aromatic rings. The van der Waals surface area contributed by atoms with Gasteiger partial charge in [0.2, 0.25) is 0 Å². The molecule has 0 saturated carbocycles. The largest absolute Gasteiger partial charge is 0.319 e. The van der Waals surface area contributed by atoms with E-state index in [9.17, 15) is 4.79 Å². The van der Waals surface area contributed by atoms with Crippen molar-refractivity contribution in [3.05, 3.63) is 29.0 Å². The number of carbonyl (C=O) groups excluding carboxylic acids is 1. The quantitative estimate of drug-likeness (QED) is 0.776. The summed E-state index contributed by atoms with van der Waals surface area (Å²) in [5.41, 5.74) is 1.75. The van der Waals surface area contributed by atoms with E-state index >= 15 is 0 Å². The number of benzene rings is 1. The molecule has 1 aromatic carbocycles. The van der Waals surface area contributed by atoms with Crippen LogP contribution in [0.4, 0.5) is 0 Å². The van der Waals surface area contributed by atoms with Gasteiger partial charge in [0.15, 0.2) is 11.6 Å². The molecule has 0 unspecified atom stereocenters. The molecule has 1 heterocycles. The van der Waals surface area contributed by atoms with E-state index < -0.39 is 0 Å². The number of nitrogens with zero attached hydrogens (tertiary/aromatic N) is 2. The van der Waals surface area contributed by atoms with Crippen LogP contribution in [0.2, 0.25) is 5.02 Å². The van der Waals surface area contributed by atoms with Crippen LogP contribution in [0.25, 0.3) is 11.0 Å². The summed E-state index contributed by atoms with van der Waals surface area (Å²) in [6.45, 7) is 5.71. The molecule has 2 rings (SSSR count). The molecule has 0 radical (unpaired) electrons. The van der Waals surface area contributed by atoms with Gasteiger partial charge >= 0.3 is 0 Å². The minimum Gasteiger partial charge on any atom is -0.319 e. The Kier molecular flexibility index (Phi) is 3.20. The van der Waals surface area contributed by atoms with Crippen molar-refractivity contribution in [1.82, 2.24) is 9.55 Å². The highest BCUT2D eigenvalue weighted by molar-refractivity contribution is 6.31. The molecule has 90 valence electrons. The fraction of sp³-hybridized carbons (Fsp3) is 0.385. The molecule has 0 saturated heterocycles. The third-order valence-corrected chi connectivity index (χ3v) is 3.23. The van der Waals surface area contributed by atoms with E-state index in [-0.39, 0.29) is 11.8 Å². The molecule has 0 bridgehead atoms. The molecular formula is C13H15ClN2O. The number of halogens is 1. The van der Waals surface area contributed by atoms with Crippen molar-refractivity contribution >= 4 is 28.4 Å². The van der Waals surface area contributed by atoms with Crippen LogP contribution >= 0.6 is 11.6 Å². The molecule has 0 aliphatic carbocycles. The minimum absolute atomic E-state index is 0.0161. The maximum atomic E-state index is 11.6. The Morgan fingerprint density at radius 2 is 2.24 bits per heavy atom. The summed E-state index contributed by atoms with van der Waals surface area (Å²) >= 11 is 6.00. The van der Waals surface area contributed by atoms with Gasteiger partial charge in [0.1, 0.15) is 0 Å². The molecule has 4 heteroatoms. The van der Waals surface area contributed by atoms with Gasteiger partial charge in [-0.2, -0.15) is 0 Å². The van der Waals surface area contributed by atoms with E-state index in [2.05, 4.69) is 18.8 Å². The smallest absolute Gasteiger partial charge is 0.195 e. The Labute approximate surface area is 105 Å². The van der Waals surface area contributed by atoms with Crippen LogP contribution in [0, 0.1) is 0 Å². The molecule has 0 aliphatic rings. The summed E-state index contributed by atoms with van der Waals surface area (Å²) in [5.74, 6) is 0.495. The average molecular weight is 251 g/mol. The van der Waals surface area contributed by atoms with Gasteiger partial charge in [0, 0.05) is 18.0 Å². The van der Waals surface area contributed by atoms with Crippen LogP contribution in [-0.4, -0.2) is 15.3 Å². The summed E-state index contributed by atoms with van der Waals surface area (Å²) in [6, 6.07) is 5.74. The first-order valence-electron chi connectivity index (χ1n) is 5.73. The van der Waals surface area contributed by atoms with Crippen molar-refractivity contribution in [2.45, 2.75) is 33.2 Å². The van der Waals surface area contributed by atoms with Gasteiger partial charge in [-0.3, -0.25) is 4.79 Å². The second kappa shape index (κ2) is 4.49. The molecular weight excluding hydrogens is 236 g/mol. The first-order valence-corrected chi connectivity index (χ1v) is 6.10. The van der Waals surface area contributed by atoms with E-state index in [1.54, 1.807) is 13.0 Å². The first-order chi connectivity index (χ1) is 8.04. The number of Topliss-reactive ketones (excluding diaryl/α,β-unsaturated/α-hetero) is 1. The van der Waals surface area contributed by atoms with Crippen LogP contribution < -0.4 is 0 Å². The summed E-state index contributed by atoms with van der Waals surface area (Å²) in [4.78, 5) is 16.0. The Hall–Kier alpha value is -1.35. The second-order valence-corrected chi connectivity index (χ2v) is 4.69. The molecule has 0 N–H and O–H groups in total. The number of rotatable bonds is 3. The SMILES string of the molecule is CC[C@@H](C)n1c(C(C)=O)nc2ccc(Cl)cc21. The molecule has 0 fully saturated rings. The lowest BCUT2D eigenvalue weighted by atomic mass is 10.2. The van der Waals surface area contributed by atoms with Crippen molar-refractivity contribution < 1.29 is 4.79 Å². The predicted molar refractivity (Wildman–Crippen MR) is 69.7 cm³/mol. The van der Waals surface area contributed by atoms with Crippen molar-refractivity contribution in [2.75, 3.05) is 0 Å². The van der Waals surface area contributed by atoms with E-state index in [1.807, 2.05) is 16.7 Å². The summed E-state index contributed by atoms with van der Waals surface area (Å²) in [6.07, 6.45) is 0.943. The van der Waals surface area contributed by atoms with Gasteiger partial charge in [0.05, 0.1) is 11.0 Å². The average Bonchev–Trinajstić information content (AvgIpc) is 2.66. The van der Waals surface area contributed by atoms with Gasteiger partial charge in [-0.25, -0.2) is 4.98 Å². The minimum atomic E-state index is -0.0161. The van der Waals surface area contributed by atoms with Crippen LogP contribution in [0.15, 0.2) is 18.2 Å². The monoisotopic (exact) mass is 250 g/mol. The molecule has 1 atom stereocenters. The van der Waals surface area contributed by atoms with Crippen molar-refractivity contribution in [3.8, 4) is 0 Å². The number of ketones is 1. The number of carbonyl (C=O) groups is 1.